The minimum absolute atomic E-state index is 0.0540. The summed E-state index contributed by atoms with van der Waals surface area (Å²) in [6.07, 6.45) is 3.50. The lowest BCUT2D eigenvalue weighted by Crippen LogP contribution is -2.35. The van der Waals surface area contributed by atoms with Gasteiger partial charge in [-0.15, -0.1) is 0 Å². The molecule has 1 saturated heterocycles. The fourth-order valence-electron chi connectivity index (χ4n) is 2.21. The second-order valence-corrected chi connectivity index (χ2v) is 4.77. The molecule has 18 heavy (non-hydrogen) atoms. The molecule has 0 radical (unpaired) electrons. The number of rotatable bonds is 3. The highest BCUT2D eigenvalue weighted by atomic mass is 16.5. The molecule has 4 nitrogen and oxygen atoms in total. The van der Waals surface area contributed by atoms with Crippen LogP contribution in [0.2, 0.25) is 0 Å². The van der Waals surface area contributed by atoms with Gasteiger partial charge in [0.05, 0.1) is 6.10 Å². The Morgan fingerprint density at radius 3 is 3.00 bits per heavy atom. The molecule has 0 spiro atoms. The van der Waals surface area contributed by atoms with Gasteiger partial charge in [-0.2, -0.15) is 0 Å². The van der Waals surface area contributed by atoms with Crippen molar-refractivity contribution in [2.75, 3.05) is 18.9 Å². The summed E-state index contributed by atoms with van der Waals surface area (Å²) in [6, 6.07) is 5.33. The lowest BCUT2D eigenvalue weighted by Gasteiger charge is -2.22. The minimum atomic E-state index is -0.0540. The van der Waals surface area contributed by atoms with Crippen LogP contribution in [0.5, 0.6) is 0 Å². The van der Waals surface area contributed by atoms with E-state index in [1.807, 2.05) is 13.0 Å². The summed E-state index contributed by atoms with van der Waals surface area (Å²) in [4.78, 5) is 12.0. The molecule has 1 aliphatic rings. The van der Waals surface area contributed by atoms with Crippen molar-refractivity contribution < 1.29 is 9.53 Å². The molecule has 2 rings (SSSR count). The van der Waals surface area contributed by atoms with Crippen molar-refractivity contribution in [3.63, 3.8) is 0 Å². The van der Waals surface area contributed by atoms with Crippen molar-refractivity contribution in [3.05, 3.63) is 29.3 Å². The SMILES string of the molecule is Cc1cc(N)ccc1C(=O)NCC1CCCCO1. The summed E-state index contributed by atoms with van der Waals surface area (Å²) in [5.41, 5.74) is 7.93. The number of ether oxygens (including phenoxy) is 1. The average Bonchev–Trinajstić information content (AvgIpc) is 2.37. The van der Waals surface area contributed by atoms with E-state index >= 15 is 0 Å². The summed E-state index contributed by atoms with van der Waals surface area (Å²) in [7, 11) is 0. The minimum Gasteiger partial charge on any atom is -0.399 e. The number of anilines is 1. The highest BCUT2D eigenvalue weighted by Gasteiger charge is 2.16. The number of nitrogens with one attached hydrogen (secondary N) is 1. The maximum absolute atomic E-state index is 12.0. The zero-order valence-corrected chi connectivity index (χ0v) is 10.7. The van der Waals surface area contributed by atoms with Gasteiger partial charge in [-0.25, -0.2) is 0 Å². The zero-order chi connectivity index (χ0) is 13.0. The standard InChI is InChI=1S/C14H20N2O2/c1-10-8-11(15)5-6-13(10)14(17)16-9-12-4-2-3-7-18-12/h5-6,8,12H,2-4,7,9,15H2,1H3,(H,16,17). The molecule has 1 unspecified atom stereocenters. The second kappa shape index (κ2) is 5.87. The van der Waals surface area contributed by atoms with Crippen molar-refractivity contribution in [3.8, 4) is 0 Å². The summed E-state index contributed by atoms with van der Waals surface area (Å²) < 4.78 is 5.58. The van der Waals surface area contributed by atoms with Gasteiger partial charge in [0.2, 0.25) is 0 Å². The van der Waals surface area contributed by atoms with Crippen LogP contribution in [-0.2, 0) is 4.74 Å². The smallest absolute Gasteiger partial charge is 0.251 e. The third-order valence-corrected chi connectivity index (χ3v) is 3.26. The quantitative estimate of drug-likeness (QED) is 0.803. The van der Waals surface area contributed by atoms with Crippen LogP contribution in [0.15, 0.2) is 18.2 Å². The van der Waals surface area contributed by atoms with Gasteiger partial charge in [0.15, 0.2) is 0 Å². The number of hydrogen-bond donors (Lipinski definition) is 2. The Morgan fingerprint density at radius 2 is 2.33 bits per heavy atom. The van der Waals surface area contributed by atoms with E-state index < -0.39 is 0 Å². The fourth-order valence-corrected chi connectivity index (χ4v) is 2.21. The van der Waals surface area contributed by atoms with Gasteiger partial charge < -0.3 is 15.8 Å². The van der Waals surface area contributed by atoms with E-state index in [0.29, 0.717) is 17.8 Å². The molecule has 1 aromatic carbocycles. The van der Waals surface area contributed by atoms with E-state index in [2.05, 4.69) is 5.32 Å². The Bertz CT molecular complexity index is 426. The van der Waals surface area contributed by atoms with E-state index in [1.165, 1.54) is 6.42 Å². The van der Waals surface area contributed by atoms with Crippen molar-refractivity contribution in [2.45, 2.75) is 32.3 Å². The van der Waals surface area contributed by atoms with Crippen molar-refractivity contribution in [1.82, 2.24) is 5.32 Å². The highest BCUT2D eigenvalue weighted by molar-refractivity contribution is 5.96. The lowest BCUT2D eigenvalue weighted by molar-refractivity contribution is 0.0169. The monoisotopic (exact) mass is 248 g/mol. The van der Waals surface area contributed by atoms with Crippen molar-refractivity contribution in [1.29, 1.82) is 0 Å². The highest BCUT2D eigenvalue weighted by Crippen LogP contribution is 2.14. The predicted octanol–water partition coefficient (Wildman–Crippen LogP) is 1.88. The first-order valence-corrected chi connectivity index (χ1v) is 6.43. The molecular weight excluding hydrogens is 228 g/mol. The topological polar surface area (TPSA) is 64.4 Å². The van der Waals surface area contributed by atoms with Crippen LogP contribution in [0, 0.1) is 6.92 Å². The normalized spacial score (nSPS) is 19.5. The summed E-state index contributed by atoms with van der Waals surface area (Å²) in [5.74, 6) is -0.0540. The van der Waals surface area contributed by atoms with Crippen LogP contribution < -0.4 is 11.1 Å². The number of hydrogen-bond acceptors (Lipinski definition) is 3. The Labute approximate surface area is 108 Å². The van der Waals surface area contributed by atoms with Crippen molar-refractivity contribution >= 4 is 11.6 Å². The van der Waals surface area contributed by atoms with Gasteiger partial charge in [-0.05, 0) is 49.9 Å². The van der Waals surface area contributed by atoms with Crippen molar-refractivity contribution in [2.24, 2.45) is 0 Å². The van der Waals surface area contributed by atoms with Crippen LogP contribution >= 0.6 is 0 Å². The predicted molar refractivity (Wildman–Crippen MR) is 71.5 cm³/mol. The molecule has 1 atom stereocenters. The van der Waals surface area contributed by atoms with Gasteiger partial charge in [0, 0.05) is 24.4 Å². The van der Waals surface area contributed by atoms with Crippen LogP contribution in [0.1, 0.15) is 35.2 Å². The molecule has 98 valence electrons. The number of amides is 1. The van der Waals surface area contributed by atoms with Gasteiger partial charge in [0.25, 0.3) is 5.91 Å². The molecule has 0 bridgehead atoms. The average molecular weight is 248 g/mol. The molecule has 1 amide bonds. The molecule has 1 heterocycles. The maximum Gasteiger partial charge on any atom is 0.251 e. The van der Waals surface area contributed by atoms with Gasteiger partial charge >= 0.3 is 0 Å². The zero-order valence-electron chi connectivity index (χ0n) is 10.7. The molecule has 3 N–H and O–H groups in total. The first kappa shape index (κ1) is 12.9. The summed E-state index contributed by atoms with van der Waals surface area (Å²) in [6.45, 7) is 3.28. The van der Waals surface area contributed by atoms with E-state index in [-0.39, 0.29) is 12.0 Å². The molecule has 0 saturated carbocycles. The molecule has 0 aromatic heterocycles. The Morgan fingerprint density at radius 1 is 1.50 bits per heavy atom. The molecule has 1 aromatic rings. The van der Waals surface area contributed by atoms with Crippen LogP contribution in [-0.4, -0.2) is 25.2 Å². The largest absolute Gasteiger partial charge is 0.399 e. The first-order chi connectivity index (χ1) is 8.66. The summed E-state index contributed by atoms with van der Waals surface area (Å²) in [5, 5.41) is 2.92. The van der Waals surface area contributed by atoms with E-state index in [4.69, 9.17) is 10.5 Å². The first-order valence-electron chi connectivity index (χ1n) is 6.43. The van der Waals surface area contributed by atoms with Crippen LogP contribution in [0.4, 0.5) is 5.69 Å². The molecular formula is C14H20N2O2. The van der Waals surface area contributed by atoms with E-state index in [0.717, 1.165) is 25.0 Å². The van der Waals surface area contributed by atoms with E-state index in [1.54, 1.807) is 12.1 Å². The Kier molecular flexibility index (Phi) is 4.20. The van der Waals surface area contributed by atoms with Crippen LogP contribution in [0.25, 0.3) is 0 Å². The number of carbonyl (C=O) groups excluding carboxylic acids is 1. The number of aryl methyl sites for hydroxylation is 1. The lowest BCUT2D eigenvalue weighted by atomic mass is 10.1. The number of nitrogen functional groups attached to an aromatic ring is 1. The Balaban J connectivity index is 1.90. The second-order valence-electron chi connectivity index (χ2n) is 4.77. The van der Waals surface area contributed by atoms with Gasteiger partial charge in [-0.1, -0.05) is 0 Å². The molecule has 4 heteroatoms. The van der Waals surface area contributed by atoms with Gasteiger partial charge in [0.1, 0.15) is 0 Å². The Hall–Kier alpha value is -1.55. The van der Waals surface area contributed by atoms with E-state index in [9.17, 15) is 4.79 Å². The number of nitrogens with two attached hydrogens (primary N) is 1. The molecule has 0 aliphatic carbocycles. The van der Waals surface area contributed by atoms with Crippen LogP contribution in [0.3, 0.4) is 0 Å². The number of carbonyl (C=O) groups is 1. The third kappa shape index (κ3) is 3.23. The molecule has 1 fully saturated rings. The fraction of sp³-hybridized carbons (Fsp3) is 0.500. The van der Waals surface area contributed by atoms with Gasteiger partial charge in [-0.3, -0.25) is 4.79 Å². The third-order valence-electron chi connectivity index (χ3n) is 3.26. The maximum atomic E-state index is 12.0. The number of benzene rings is 1. The molecule has 1 aliphatic heterocycles. The summed E-state index contributed by atoms with van der Waals surface area (Å²) >= 11 is 0.